The largest absolute Gasteiger partial charge is 0.481 e. The summed E-state index contributed by atoms with van der Waals surface area (Å²) in [5, 5.41) is 20.6. The van der Waals surface area contributed by atoms with Crippen molar-refractivity contribution in [2.45, 2.75) is 502 Å². The first-order valence-corrected chi connectivity index (χ1v) is 42.0. The number of carbonyl (C=O) groups is 1. The first kappa shape index (κ1) is 82.5. The first-order valence-electron chi connectivity index (χ1n) is 42.0. The van der Waals surface area contributed by atoms with Crippen LogP contribution in [-0.4, -0.2) is 22.3 Å². The molecule has 0 bridgehead atoms. The smallest absolute Gasteiger partial charge is 0.309 e. The highest BCUT2D eigenvalue weighted by Crippen LogP contribution is 2.47. The lowest BCUT2D eigenvalue weighted by atomic mass is 9.91. The Balaban J connectivity index is 1.18. The van der Waals surface area contributed by atoms with Gasteiger partial charge in [0.1, 0.15) is 0 Å². The third-order valence-corrected chi connectivity index (χ3v) is 22.2. The van der Waals surface area contributed by atoms with Crippen LogP contribution in [0, 0.1) is 29.6 Å². The van der Waals surface area contributed by atoms with Gasteiger partial charge >= 0.3 is 5.97 Å². The van der Waals surface area contributed by atoms with Crippen LogP contribution >= 0.6 is 0 Å². The second-order valence-corrected chi connectivity index (χ2v) is 30.7. The summed E-state index contributed by atoms with van der Waals surface area (Å²) in [6, 6.07) is 0. The standard InChI is InChI=1S/C84H164O3/c1-3-5-7-9-11-13-15-17-19-21-23-24-25-26-28-32-36-44-50-56-62-68-74-82(84(86)87)83(85)75-69-63-57-51-45-37-33-29-31-35-41-47-53-59-65-71-79-77-81(79)73-67-61-55-49-43-39-38-42-48-54-60-66-72-80-76-78(80)70-64-58-52-46-40-34-30-27-22-20-18-16-14-12-10-8-6-4-2/h78-83,85H,3-77H2,1-2H3,(H,86,87)/t78-,79-,80-,81-,82-,83+/m0/s1. The van der Waals surface area contributed by atoms with E-state index in [2.05, 4.69) is 13.8 Å². The maximum Gasteiger partial charge on any atom is 0.309 e. The summed E-state index contributed by atoms with van der Waals surface area (Å²) in [6.45, 7) is 4.62. The van der Waals surface area contributed by atoms with Gasteiger partial charge in [-0.3, -0.25) is 4.79 Å². The molecule has 0 spiro atoms. The fraction of sp³-hybridized carbons (Fsp3) is 0.988. The highest BCUT2D eigenvalue weighted by molar-refractivity contribution is 5.70. The minimum atomic E-state index is -0.796. The Kier molecular flexibility index (Phi) is 63.4. The van der Waals surface area contributed by atoms with E-state index in [0.717, 1.165) is 49.4 Å². The molecule has 0 heterocycles. The molecule has 0 aliphatic heterocycles. The average molecular weight is 1220 g/mol. The Hall–Kier alpha value is -0.570. The molecule has 518 valence electrons. The van der Waals surface area contributed by atoms with Crippen molar-refractivity contribution in [1.82, 2.24) is 0 Å². The molecule has 2 saturated carbocycles. The molecule has 2 N–H and O–H groups in total. The lowest BCUT2D eigenvalue weighted by molar-refractivity contribution is -0.146. The number of unbranched alkanes of at least 4 members (excludes halogenated alkanes) is 63. The molecular formula is C84H164O3. The minimum Gasteiger partial charge on any atom is -0.481 e. The maximum atomic E-state index is 12.0. The molecule has 3 nitrogen and oxygen atoms in total. The lowest BCUT2D eigenvalue weighted by Gasteiger charge is -2.19. The summed E-state index contributed by atoms with van der Waals surface area (Å²) in [5.74, 6) is 3.05. The van der Waals surface area contributed by atoms with Gasteiger partial charge in [-0.15, -0.1) is 0 Å². The van der Waals surface area contributed by atoms with Crippen molar-refractivity contribution in [1.29, 1.82) is 0 Å². The van der Waals surface area contributed by atoms with Crippen molar-refractivity contribution in [2.24, 2.45) is 29.6 Å². The molecule has 2 aliphatic carbocycles. The molecule has 0 saturated heterocycles. The molecule has 3 heteroatoms. The maximum absolute atomic E-state index is 12.0. The SMILES string of the molecule is CCCCCCCCCCCCCCCCCCCCCCCC[C@H](C(=O)O)[C@H](O)CCCCCCCCCCCCCCCCC[C@H]1C[C@@H]1CCCCCCCCCCCCCC[C@H]1C[C@@H]1CCCCCCCCCCCCCCCCCCCC. The van der Waals surface area contributed by atoms with E-state index in [1.54, 1.807) is 25.7 Å². The third kappa shape index (κ3) is 59.0. The van der Waals surface area contributed by atoms with Gasteiger partial charge < -0.3 is 10.2 Å². The zero-order valence-corrected chi connectivity index (χ0v) is 60.3. The Morgan fingerprint density at radius 2 is 0.391 bits per heavy atom. The van der Waals surface area contributed by atoms with Crippen LogP contribution in [0.25, 0.3) is 0 Å². The summed E-state index contributed by atoms with van der Waals surface area (Å²) >= 11 is 0. The number of aliphatic hydroxyl groups is 1. The highest BCUT2D eigenvalue weighted by Gasteiger charge is 2.36. The van der Waals surface area contributed by atoms with Crippen molar-refractivity contribution in [3.63, 3.8) is 0 Å². The lowest BCUT2D eigenvalue weighted by Crippen LogP contribution is -2.28. The molecule has 2 aliphatic rings. The Morgan fingerprint density at radius 1 is 0.241 bits per heavy atom. The molecule has 0 unspecified atom stereocenters. The van der Waals surface area contributed by atoms with Gasteiger partial charge in [0.25, 0.3) is 0 Å². The van der Waals surface area contributed by atoms with E-state index < -0.39 is 18.0 Å². The van der Waals surface area contributed by atoms with Crippen molar-refractivity contribution in [3.8, 4) is 0 Å². The second kappa shape index (κ2) is 66.9. The van der Waals surface area contributed by atoms with Gasteiger partial charge in [0.15, 0.2) is 0 Å². The Bertz CT molecular complexity index is 1330. The van der Waals surface area contributed by atoms with Crippen LogP contribution in [0.2, 0.25) is 0 Å². The van der Waals surface area contributed by atoms with Crippen LogP contribution < -0.4 is 0 Å². The van der Waals surface area contributed by atoms with E-state index in [1.165, 1.54) is 417 Å². The van der Waals surface area contributed by atoms with Gasteiger partial charge in [-0.1, -0.05) is 470 Å². The predicted molar refractivity (Wildman–Crippen MR) is 389 cm³/mol. The number of aliphatic hydroxyl groups excluding tert-OH is 1. The molecule has 0 aromatic rings. The van der Waals surface area contributed by atoms with Crippen molar-refractivity contribution >= 4 is 5.97 Å². The number of hydrogen-bond donors (Lipinski definition) is 2. The summed E-state index contributed by atoms with van der Waals surface area (Å²) in [5.41, 5.74) is 0. The van der Waals surface area contributed by atoms with Crippen molar-refractivity contribution < 1.29 is 15.0 Å². The molecule has 2 fully saturated rings. The normalized spacial score (nSPS) is 17.2. The van der Waals surface area contributed by atoms with E-state index in [0.29, 0.717) is 12.8 Å². The zero-order chi connectivity index (χ0) is 62.1. The molecule has 0 amide bonds. The molecule has 2 rings (SSSR count). The van der Waals surface area contributed by atoms with Crippen LogP contribution in [0.15, 0.2) is 0 Å². The molecule has 0 aromatic heterocycles. The summed E-state index contributed by atoms with van der Waals surface area (Å²) < 4.78 is 0. The number of aliphatic carboxylic acids is 1. The van der Waals surface area contributed by atoms with Gasteiger partial charge in [0.2, 0.25) is 0 Å². The van der Waals surface area contributed by atoms with Crippen LogP contribution in [0.3, 0.4) is 0 Å². The molecular weight excluding hydrogens is 1060 g/mol. The van der Waals surface area contributed by atoms with E-state index in [4.69, 9.17) is 0 Å². The third-order valence-electron chi connectivity index (χ3n) is 22.2. The Labute approximate surface area is 549 Å². The van der Waals surface area contributed by atoms with Gasteiger partial charge in [-0.2, -0.15) is 0 Å². The minimum absolute atomic E-state index is 0.581. The topological polar surface area (TPSA) is 57.5 Å². The number of carboxylic acid groups (broad SMARTS) is 1. The van der Waals surface area contributed by atoms with Gasteiger partial charge in [0.05, 0.1) is 12.0 Å². The fourth-order valence-corrected chi connectivity index (χ4v) is 15.6. The molecule has 6 atom stereocenters. The Morgan fingerprint density at radius 3 is 0.563 bits per heavy atom. The first-order chi connectivity index (χ1) is 43.1. The number of rotatable bonds is 77. The fourth-order valence-electron chi connectivity index (χ4n) is 15.6. The predicted octanol–water partition coefficient (Wildman–Crippen LogP) is 29.8. The van der Waals surface area contributed by atoms with Crippen LogP contribution in [0.5, 0.6) is 0 Å². The van der Waals surface area contributed by atoms with Crippen LogP contribution in [0.4, 0.5) is 0 Å². The molecule has 0 aromatic carbocycles. The van der Waals surface area contributed by atoms with E-state index in [9.17, 15) is 15.0 Å². The van der Waals surface area contributed by atoms with E-state index >= 15 is 0 Å². The monoisotopic (exact) mass is 1220 g/mol. The summed E-state index contributed by atoms with van der Waals surface area (Å²) in [7, 11) is 0. The second-order valence-electron chi connectivity index (χ2n) is 30.7. The van der Waals surface area contributed by atoms with E-state index in [1.807, 2.05) is 0 Å². The van der Waals surface area contributed by atoms with Crippen LogP contribution in [-0.2, 0) is 4.79 Å². The highest BCUT2D eigenvalue weighted by atomic mass is 16.4. The number of hydrogen-bond acceptors (Lipinski definition) is 2. The molecule has 0 radical (unpaired) electrons. The van der Waals surface area contributed by atoms with E-state index in [-0.39, 0.29) is 0 Å². The average Bonchev–Trinajstić information content (AvgIpc) is 3.98. The molecule has 87 heavy (non-hydrogen) atoms. The van der Waals surface area contributed by atoms with Gasteiger partial charge in [-0.05, 0) is 49.4 Å². The van der Waals surface area contributed by atoms with Crippen LogP contribution in [0.1, 0.15) is 495 Å². The zero-order valence-electron chi connectivity index (χ0n) is 60.3. The van der Waals surface area contributed by atoms with Crippen molar-refractivity contribution in [3.05, 3.63) is 0 Å². The van der Waals surface area contributed by atoms with Gasteiger partial charge in [0, 0.05) is 0 Å². The quantitative estimate of drug-likeness (QED) is 0.0597. The van der Waals surface area contributed by atoms with Gasteiger partial charge in [-0.25, -0.2) is 0 Å². The summed E-state index contributed by atoms with van der Waals surface area (Å²) in [6.07, 6.45) is 105. The number of carboxylic acids is 1. The van der Waals surface area contributed by atoms with Crippen molar-refractivity contribution in [2.75, 3.05) is 0 Å². The summed E-state index contributed by atoms with van der Waals surface area (Å²) in [4.78, 5) is 12.0.